The second-order valence-corrected chi connectivity index (χ2v) is 5.00. The first-order chi connectivity index (χ1) is 9.81. The lowest BCUT2D eigenvalue weighted by atomic mass is 10.1. The van der Waals surface area contributed by atoms with E-state index in [-0.39, 0.29) is 0 Å². The summed E-state index contributed by atoms with van der Waals surface area (Å²) < 4.78 is 15.5. The molecule has 2 aromatic rings. The maximum absolute atomic E-state index is 5.39. The van der Waals surface area contributed by atoms with Gasteiger partial charge in [-0.2, -0.15) is 0 Å². The highest BCUT2D eigenvalue weighted by atomic mass is 16.7. The van der Waals surface area contributed by atoms with Gasteiger partial charge < -0.3 is 19.3 Å². The molecule has 0 saturated carbocycles. The zero-order chi connectivity index (χ0) is 13.8. The Balaban J connectivity index is 1.46. The maximum Gasteiger partial charge on any atom is 0.231 e. The Morgan fingerprint density at radius 2 is 2.15 bits per heavy atom. The van der Waals surface area contributed by atoms with Crippen molar-refractivity contribution in [3.05, 3.63) is 41.8 Å². The summed E-state index contributed by atoms with van der Waals surface area (Å²) in [4.78, 5) is 0. The third-order valence-electron chi connectivity index (χ3n) is 3.43. The van der Waals surface area contributed by atoms with E-state index in [4.69, 9.17) is 14.0 Å². The molecule has 1 aliphatic rings. The minimum Gasteiger partial charge on any atom is -0.454 e. The van der Waals surface area contributed by atoms with Gasteiger partial charge in [-0.1, -0.05) is 11.2 Å². The molecule has 20 heavy (non-hydrogen) atoms. The Morgan fingerprint density at radius 1 is 1.25 bits per heavy atom. The normalized spacial score (nSPS) is 14.4. The van der Waals surface area contributed by atoms with Gasteiger partial charge in [-0.3, -0.25) is 0 Å². The van der Waals surface area contributed by atoms with E-state index in [0.717, 1.165) is 36.6 Å². The molecule has 1 aliphatic heterocycles. The van der Waals surface area contributed by atoms with Crippen LogP contribution < -0.4 is 14.8 Å². The first-order valence-corrected chi connectivity index (χ1v) is 6.82. The molecular formula is C15H18N2O3. The van der Waals surface area contributed by atoms with Crippen LogP contribution in [-0.2, 0) is 13.0 Å². The molecule has 1 atom stereocenters. The molecule has 0 saturated heterocycles. The molecular weight excluding hydrogens is 256 g/mol. The van der Waals surface area contributed by atoms with Crippen molar-refractivity contribution in [1.82, 2.24) is 10.5 Å². The average molecular weight is 274 g/mol. The molecule has 0 amide bonds. The molecule has 1 N–H and O–H groups in total. The van der Waals surface area contributed by atoms with Gasteiger partial charge in [0.05, 0.1) is 5.69 Å². The summed E-state index contributed by atoms with van der Waals surface area (Å²) >= 11 is 0. The number of benzene rings is 1. The smallest absolute Gasteiger partial charge is 0.231 e. The Labute approximate surface area is 117 Å². The van der Waals surface area contributed by atoms with E-state index in [1.807, 2.05) is 12.1 Å². The second kappa shape index (κ2) is 5.96. The standard InChI is InChI=1S/C15H18N2O3/c1-11(16-9-13-6-7-20-17-13)2-3-12-4-5-14-15(8-12)19-10-18-14/h4-8,11,16H,2-3,9-10H2,1H3. The molecule has 1 unspecified atom stereocenters. The summed E-state index contributed by atoms with van der Waals surface area (Å²) in [6, 6.07) is 8.42. The van der Waals surface area contributed by atoms with Crippen LogP contribution in [0.2, 0.25) is 0 Å². The van der Waals surface area contributed by atoms with E-state index in [9.17, 15) is 0 Å². The number of nitrogens with one attached hydrogen (secondary N) is 1. The summed E-state index contributed by atoms with van der Waals surface area (Å²) in [7, 11) is 0. The monoisotopic (exact) mass is 274 g/mol. The number of hydrogen-bond donors (Lipinski definition) is 1. The number of nitrogens with zero attached hydrogens (tertiary/aromatic N) is 1. The van der Waals surface area contributed by atoms with E-state index in [1.165, 1.54) is 5.56 Å². The van der Waals surface area contributed by atoms with Crippen molar-refractivity contribution in [3.63, 3.8) is 0 Å². The second-order valence-electron chi connectivity index (χ2n) is 5.00. The molecule has 1 aromatic heterocycles. The van der Waals surface area contributed by atoms with Crippen LogP contribution in [0.4, 0.5) is 0 Å². The van der Waals surface area contributed by atoms with Gasteiger partial charge in [-0.15, -0.1) is 0 Å². The first kappa shape index (κ1) is 13.0. The molecule has 5 nitrogen and oxygen atoms in total. The Morgan fingerprint density at radius 3 is 3.00 bits per heavy atom. The lowest BCUT2D eigenvalue weighted by Gasteiger charge is -2.12. The van der Waals surface area contributed by atoms with Crippen molar-refractivity contribution < 1.29 is 14.0 Å². The number of fused-ring (bicyclic) bond motifs is 1. The highest BCUT2D eigenvalue weighted by molar-refractivity contribution is 5.44. The number of aryl methyl sites for hydroxylation is 1. The van der Waals surface area contributed by atoms with Crippen LogP contribution in [0.25, 0.3) is 0 Å². The van der Waals surface area contributed by atoms with Crippen molar-refractivity contribution in [3.8, 4) is 11.5 Å². The fraction of sp³-hybridized carbons (Fsp3) is 0.400. The van der Waals surface area contributed by atoms with Crippen molar-refractivity contribution in [2.24, 2.45) is 0 Å². The molecule has 1 aromatic carbocycles. The number of aromatic nitrogens is 1. The Kier molecular flexibility index (Phi) is 3.87. The fourth-order valence-electron chi connectivity index (χ4n) is 2.19. The molecule has 0 radical (unpaired) electrons. The van der Waals surface area contributed by atoms with Crippen LogP contribution in [0.5, 0.6) is 11.5 Å². The third kappa shape index (κ3) is 3.11. The topological polar surface area (TPSA) is 56.5 Å². The quantitative estimate of drug-likeness (QED) is 0.877. The van der Waals surface area contributed by atoms with Crippen molar-refractivity contribution >= 4 is 0 Å². The number of hydrogen-bond acceptors (Lipinski definition) is 5. The zero-order valence-electron chi connectivity index (χ0n) is 11.5. The summed E-state index contributed by atoms with van der Waals surface area (Å²) in [6.45, 7) is 3.24. The van der Waals surface area contributed by atoms with Crippen LogP contribution in [-0.4, -0.2) is 18.0 Å². The molecule has 0 fully saturated rings. The van der Waals surface area contributed by atoms with Crippen LogP contribution >= 0.6 is 0 Å². The van der Waals surface area contributed by atoms with Gasteiger partial charge in [0.1, 0.15) is 6.26 Å². The highest BCUT2D eigenvalue weighted by Crippen LogP contribution is 2.32. The van der Waals surface area contributed by atoms with Crippen molar-refractivity contribution in [1.29, 1.82) is 0 Å². The summed E-state index contributed by atoms with van der Waals surface area (Å²) in [5, 5.41) is 7.31. The van der Waals surface area contributed by atoms with E-state index >= 15 is 0 Å². The molecule has 2 heterocycles. The predicted octanol–water partition coefficient (Wildman–Crippen LogP) is 2.51. The average Bonchev–Trinajstić information content (AvgIpc) is 3.13. The van der Waals surface area contributed by atoms with Crippen molar-refractivity contribution in [2.45, 2.75) is 32.4 Å². The number of rotatable bonds is 6. The molecule has 3 rings (SSSR count). The first-order valence-electron chi connectivity index (χ1n) is 6.82. The van der Waals surface area contributed by atoms with Gasteiger partial charge >= 0.3 is 0 Å². The van der Waals surface area contributed by atoms with Gasteiger partial charge in [0.25, 0.3) is 0 Å². The predicted molar refractivity (Wildman–Crippen MR) is 73.7 cm³/mol. The van der Waals surface area contributed by atoms with Gasteiger partial charge in [-0.05, 0) is 37.5 Å². The minimum absolute atomic E-state index is 0.328. The number of ether oxygens (including phenoxy) is 2. The SMILES string of the molecule is CC(CCc1ccc2c(c1)OCO2)NCc1ccon1. The fourth-order valence-corrected chi connectivity index (χ4v) is 2.19. The lowest BCUT2D eigenvalue weighted by Crippen LogP contribution is -2.26. The summed E-state index contributed by atoms with van der Waals surface area (Å²) in [5.41, 5.74) is 2.20. The summed E-state index contributed by atoms with van der Waals surface area (Å²) in [6.07, 6.45) is 3.65. The largest absolute Gasteiger partial charge is 0.454 e. The van der Waals surface area contributed by atoms with E-state index in [0.29, 0.717) is 12.8 Å². The molecule has 0 spiro atoms. The maximum atomic E-state index is 5.39. The molecule has 0 bridgehead atoms. The van der Waals surface area contributed by atoms with Crippen LogP contribution in [0.15, 0.2) is 35.1 Å². The zero-order valence-corrected chi connectivity index (χ0v) is 11.5. The van der Waals surface area contributed by atoms with Crippen LogP contribution in [0, 0.1) is 0 Å². The lowest BCUT2D eigenvalue weighted by molar-refractivity contribution is 0.174. The van der Waals surface area contributed by atoms with Crippen LogP contribution in [0.3, 0.4) is 0 Å². The molecule has 0 aliphatic carbocycles. The highest BCUT2D eigenvalue weighted by Gasteiger charge is 2.13. The van der Waals surface area contributed by atoms with Gasteiger partial charge in [-0.25, -0.2) is 0 Å². The summed E-state index contributed by atoms with van der Waals surface area (Å²) in [5.74, 6) is 1.69. The Bertz CT molecular complexity index is 554. The Hall–Kier alpha value is -2.01. The van der Waals surface area contributed by atoms with E-state index in [2.05, 4.69) is 29.5 Å². The van der Waals surface area contributed by atoms with Crippen molar-refractivity contribution in [2.75, 3.05) is 6.79 Å². The van der Waals surface area contributed by atoms with E-state index < -0.39 is 0 Å². The molecule has 5 heteroatoms. The van der Waals surface area contributed by atoms with Crippen LogP contribution in [0.1, 0.15) is 24.6 Å². The minimum atomic E-state index is 0.328. The van der Waals surface area contributed by atoms with E-state index in [1.54, 1.807) is 6.26 Å². The third-order valence-corrected chi connectivity index (χ3v) is 3.43. The molecule has 106 valence electrons. The van der Waals surface area contributed by atoms with Gasteiger partial charge in [0.15, 0.2) is 11.5 Å². The van der Waals surface area contributed by atoms with Gasteiger partial charge in [0, 0.05) is 18.7 Å². The van der Waals surface area contributed by atoms with Gasteiger partial charge in [0.2, 0.25) is 6.79 Å².